The van der Waals surface area contributed by atoms with E-state index in [4.69, 9.17) is 4.74 Å². The van der Waals surface area contributed by atoms with Crippen LogP contribution in [0.4, 0.5) is 4.39 Å². The van der Waals surface area contributed by atoms with E-state index < -0.39 is 6.10 Å². The van der Waals surface area contributed by atoms with Crippen molar-refractivity contribution >= 4 is 15.9 Å². The molecule has 2 nitrogen and oxygen atoms in total. The van der Waals surface area contributed by atoms with Crippen LogP contribution in [0.25, 0.3) is 0 Å². The van der Waals surface area contributed by atoms with Crippen molar-refractivity contribution in [1.82, 2.24) is 0 Å². The lowest BCUT2D eigenvalue weighted by atomic mass is 10.0. The fourth-order valence-electron chi connectivity index (χ4n) is 1.72. The molecule has 1 unspecified atom stereocenters. The van der Waals surface area contributed by atoms with Crippen molar-refractivity contribution in [2.24, 2.45) is 0 Å². The normalized spacial score (nSPS) is 12.2. The molecule has 0 heterocycles. The zero-order chi connectivity index (χ0) is 13.1. The third-order valence-corrected chi connectivity index (χ3v) is 3.28. The fourth-order valence-corrected chi connectivity index (χ4v) is 2.28. The molecule has 0 amide bonds. The summed E-state index contributed by atoms with van der Waals surface area (Å²) < 4.78 is 19.0. The number of benzene rings is 2. The minimum absolute atomic E-state index is 0.362. The smallest absolute Gasteiger partial charge is 0.133 e. The monoisotopic (exact) mass is 310 g/mol. The van der Waals surface area contributed by atoms with Gasteiger partial charge in [0.15, 0.2) is 0 Å². The maximum atomic E-state index is 13.1. The Hall–Kier alpha value is -1.39. The lowest BCUT2D eigenvalue weighted by Crippen LogP contribution is -2.00. The molecule has 2 rings (SSSR count). The predicted octanol–water partition coefficient (Wildman–Crippen LogP) is 3.68. The van der Waals surface area contributed by atoms with Gasteiger partial charge < -0.3 is 9.84 Å². The Balaban J connectivity index is 2.34. The molecule has 18 heavy (non-hydrogen) atoms. The molecule has 2 aromatic rings. The maximum absolute atomic E-state index is 13.1. The zero-order valence-corrected chi connectivity index (χ0v) is 11.3. The minimum Gasteiger partial charge on any atom is -0.496 e. The van der Waals surface area contributed by atoms with Gasteiger partial charge in [-0.05, 0) is 51.3 Å². The van der Waals surface area contributed by atoms with E-state index in [1.54, 1.807) is 37.4 Å². The van der Waals surface area contributed by atoms with Gasteiger partial charge in [-0.2, -0.15) is 0 Å². The summed E-state index contributed by atoms with van der Waals surface area (Å²) in [7, 11) is 1.57. The predicted molar refractivity (Wildman–Crippen MR) is 71.2 cm³/mol. The first-order valence-corrected chi connectivity index (χ1v) is 6.18. The highest BCUT2D eigenvalue weighted by Crippen LogP contribution is 2.30. The molecular formula is C14H12BrFO2. The van der Waals surface area contributed by atoms with E-state index >= 15 is 0 Å². The third kappa shape index (κ3) is 2.71. The number of aliphatic hydroxyl groups excluding tert-OH is 1. The van der Waals surface area contributed by atoms with E-state index in [2.05, 4.69) is 15.9 Å². The average Bonchev–Trinajstić information content (AvgIpc) is 2.37. The largest absolute Gasteiger partial charge is 0.496 e. The number of rotatable bonds is 3. The molecule has 0 aromatic heterocycles. The van der Waals surface area contributed by atoms with E-state index in [9.17, 15) is 9.50 Å². The third-order valence-electron chi connectivity index (χ3n) is 2.66. The highest BCUT2D eigenvalue weighted by molar-refractivity contribution is 9.10. The molecule has 0 fully saturated rings. The van der Waals surface area contributed by atoms with Gasteiger partial charge in [0.25, 0.3) is 0 Å². The van der Waals surface area contributed by atoms with Crippen LogP contribution in [-0.2, 0) is 0 Å². The van der Waals surface area contributed by atoms with Gasteiger partial charge in [-0.15, -0.1) is 0 Å². The molecule has 0 spiro atoms. The molecule has 0 aliphatic rings. The molecule has 0 aliphatic heterocycles. The summed E-state index contributed by atoms with van der Waals surface area (Å²) in [5, 5.41) is 10.2. The summed E-state index contributed by atoms with van der Waals surface area (Å²) in [5.74, 6) is 0.323. The first-order valence-electron chi connectivity index (χ1n) is 5.39. The van der Waals surface area contributed by atoms with Gasteiger partial charge >= 0.3 is 0 Å². The second-order valence-corrected chi connectivity index (χ2v) is 4.71. The number of methoxy groups -OCH3 is 1. The van der Waals surface area contributed by atoms with Crippen LogP contribution in [0.5, 0.6) is 5.75 Å². The SMILES string of the molecule is COc1ccc(C(O)c2cccc(F)c2)cc1Br. The molecule has 0 bridgehead atoms. The van der Waals surface area contributed by atoms with Crippen molar-refractivity contribution in [2.45, 2.75) is 6.10 Å². The summed E-state index contributed by atoms with van der Waals surface area (Å²) >= 11 is 3.35. The van der Waals surface area contributed by atoms with Gasteiger partial charge in [0.1, 0.15) is 17.7 Å². The number of aliphatic hydroxyl groups is 1. The van der Waals surface area contributed by atoms with Crippen LogP contribution in [-0.4, -0.2) is 12.2 Å². The molecule has 0 saturated carbocycles. The quantitative estimate of drug-likeness (QED) is 0.937. The number of ether oxygens (including phenoxy) is 1. The van der Waals surface area contributed by atoms with Gasteiger partial charge in [-0.1, -0.05) is 18.2 Å². The number of hydrogen-bond donors (Lipinski definition) is 1. The summed E-state index contributed by atoms with van der Waals surface area (Å²) in [6.45, 7) is 0. The van der Waals surface area contributed by atoms with Crippen LogP contribution in [0.1, 0.15) is 17.2 Å². The topological polar surface area (TPSA) is 29.5 Å². The summed E-state index contributed by atoms with van der Waals surface area (Å²) in [4.78, 5) is 0. The van der Waals surface area contributed by atoms with Gasteiger partial charge in [0.05, 0.1) is 11.6 Å². The Morgan fingerprint density at radius 3 is 2.50 bits per heavy atom. The molecule has 1 atom stereocenters. The van der Waals surface area contributed by atoms with Crippen molar-refractivity contribution in [1.29, 1.82) is 0 Å². The van der Waals surface area contributed by atoms with Gasteiger partial charge in [0.2, 0.25) is 0 Å². The highest BCUT2D eigenvalue weighted by Gasteiger charge is 2.12. The van der Waals surface area contributed by atoms with Crippen LogP contribution >= 0.6 is 15.9 Å². The molecule has 2 aromatic carbocycles. The number of halogens is 2. The van der Waals surface area contributed by atoms with Crippen molar-refractivity contribution < 1.29 is 14.2 Å². The fraction of sp³-hybridized carbons (Fsp3) is 0.143. The summed E-state index contributed by atoms with van der Waals surface area (Å²) in [6.07, 6.45) is -0.858. The van der Waals surface area contributed by atoms with Crippen molar-refractivity contribution in [3.63, 3.8) is 0 Å². The summed E-state index contributed by atoms with van der Waals surface area (Å²) in [5.41, 5.74) is 1.19. The van der Waals surface area contributed by atoms with E-state index in [1.165, 1.54) is 12.1 Å². The summed E-state index contributed by atoms with van der Waals surface area (Å²) in [6, 6.07) is 11.2. The lowest BCUT2D eigenvalue weighted by molar-refractivity contribution is 0.219. The molecule has 0 aliphatic carbocycles. The van der Waals surface area contributed by atoms with Crippen LogP contribution < -0.4 is 4.74 Å². The van der Waals surface area contributed by atoms with Gasteiger partial charge in [-0.3, -0.25) is 0 Å². The van der Waals surface area contributed by atoms with Crippen molar-refractivity contribution in [3.05, 3.63) is 63.9 Å². The van der Waals surface area contributed by atoms with Crippen LogP contribution in [0.2, 0.25) is 0 Å². The Bertz CT molecular complexity index is 557. The second kappa shape index (κ2) is 5.50. The first kappa shape index (κ1) is 13.1. The van der Waals surface area contributed by atoms with E-state index in [1.807, 2.05) is 0 Å². The van der Waals surface area contributed by atoms with E-state index in [-0.39, 0.29) is 5.82 Å². The minimum atomic E-state index is -0.858. The van der Waals surface area contributed by atoms with Crippen LogP contribution in [0.3, 0.4) is 0 Å². The van der Waals surface area contributed by atoms with Gasteiger partial charge in [0, 0.05) is 0 Å². The molecular weight excluding hydrogens is 299 g/mol. The van der Waals surface area contributed by atoms with E-state index in [0.29, 0.717) is 16.9 Å². The van der Waals surface area contributed by atoms with Crippen LogP contribution in [0.15, 0.2) is 46.9 Å². The Kier molecular flexibility index (Phi) is 3.99. The van der Waals surface area contributed by atoms with Crippen molar-refractivity contribution in [3.8, 4) is 5.75 Å². The molecule has 0 saturated heterocycles. The Morgan fingerprint density at radius 1 is 1.17 bits per heavy atom. The standard InChI is InChI=1S/C14H12BrFO2/c1-18-13-6-5-10(8-12(13)15)14(17)9-3-2-4-11(16)7-9/h2-8,14,17H,1H3. The van der Waals surface area contributed by atoms with Crippen LogP contribution in [0, 0.1) is 5.82 Å². The number of hydrogen-bond acceptors (Lipinski definition) is 2. The lowest BCUT2D eigenvalue weighted by Gasteiger charge is -2.13. The highest BCUT2D eigenvalue weighted by atomic mass is 79.9. The Morgan fingerprint density at radius 2 is 1.89 bits per heavy atom. The van der Waals surface area contributed by atoms with E-state index in [0.717, 1.165) is 4.47 Å². The zero-order valence-electron chi connectivity index (χ0n) is 9.73. The van der Waals surface area contributed by atoms with Crippen molar-refractivity contribution in [2.75, 3.05) is 7.11 Å². The van der Waals surface area contributed by atoms with Gasteiger partial charge in [-0.25, -0.2) is 4.39 Å². The second-order valence-electron chi connectivity index (χ2n) is 3.85. The molecule has 94 valence electrons. The first-order chi connectivity index (χ1) is 8.61. The molecule has 0 radical (unpaired) electrons. The molecule has 1 N–H and O–H groups in total. The average molecular weight is 311 g/mol. The maximum Gasteiger partial charge on any atom is 0.133 e. The molecule has 4 heteroatoms. The Labute approximate surface area is 113 Å².